The first-order valence-electron chi connectivity index (χ1n) is 7.14. The second-order valence-corrected chi connectivity index (χ2v) is 6.64. The van der Waals surface area contributed by atoms with Gasteiger partial charge in [-0.2, -0.15) is 0 Å². The SMILES string of the molecule is Cc1nc(C)c(C(C)NC(C)c2ccc3c(c2)OCO3)s1. The first kappa shape index (κ1) is 14.4. The standard InChI is InChI=1S/C16H20N2O2S/c1-9(13-5-6-14-15(7-13)20-8-19-14)17-10(2)16-11(3)18-12(4)21-16/h5-7,9-10,17H,8H2,1-4H3. The number of ether oxygens (including phenoxy) is 2. The summed E-state index contributed by atoms with van der Waals surface area (Å²) in [5, 5.41) is 4.75. The zero-order valence-electron chi connectivity index (χ0n) is 12.8. The number of aromatic nitrogens is 1. The predicted molar refractivity (Wildman–Crippen MR) is 84.1 cm³/mol. The van der Waals surface area contributed by atoms with E-state index in [1.165, 1.54) is 10.4 Å². The molecule has 1 aromatic heterocycles. The lowest BCUT2D eigenvalue weighted by molar-refractivity contribution is 0.174. The molecule has 112 valence electrons. The topological polar surface area (TPSA) is 43.4 Å². The highest BCUT2D eigenvalue weighted by Crippen LogP contribution is 2.35. The normalized spacial score (nSPS) is 16.0. The van der Waals surface area contributed by atoms with Gasteiger partial charge in [0.15, 0.2) is 11.5 Å². The van der Waals surface area contributed by atoms with E-state index < -0.39 is 0 Å². The van der Waals surface area contributed by atoms with Crippen molar-refractivity contribution in [2.45, 2.75) is 39.8 Å². The molecular weight excluding hydrogens is 284 g/mol. The molecule has 21 heavy (non-hydrogen) atoms. The van der Waals surface area contributed by atoms with Gasteiger partial charge in [0.25, 0.3) is 0 Å². The van der Waals surface area contributed by atoms with E-state index in [9.17, 15) is 0 Å². The average Bonchev–Trinajstić information content (AvgIpc) is 3.03. The number of aryl methyl sites for hydroxylation is 2. The van der Waals surface area contributed by atoms with Crippen molar-refractivity contribution in [1.29, 1.82) is 0 Å². The summed E-state index contributed by atoms with van der Waals surface area (Å²) in [5.74, 6) is 1.66. The molecule has 0 bridgehead atoms. The largest absolute Gasteiger partial charge is 0.454 e. The number of rotatable bonds is 4. The number of fused-ring (bicyclic) bond motifs is 1. The Bertz CT molecular complexity index is 654. The van der Waals surface area contributed by atoms with E-state index in [0.29, 0.717) is 6.79 Å². The van der Waals surface area contributed by atoms with E-state index in [4.69, 9.17) is 9.47 Å². The molecule has 0 aliphatic carbocycles. The summed E-state index contributed by atoms with van der Waals surface area (Å²) in [6.07, 6.45) is 0. The molecule has 0 amide bonds. The van der Waals surface area contributed by atoms with E-state index in [2.05, 4.69) is 50.1 Å². The van der Waals surface area contributed by atoms with Crippen LogP contribution >= 0.6 is 11.3 Å². The molecule has 2 heterocycles. The molecule has 0 fully saturated rings. The van der Waals surface area contributed by atoms with Crippen molar-refractivity contribution < 1.29 is 9.47 Å². The van der Waals surface area contributed by atoms with E-state index in [0.717, 1.165) is 22.2 Å². The molecule has 3 rings (SSSR count). The fraction of sp³-hybridized carbons (Fsp3) is 0.438. The minimum absolute atomic E-state index is 0.233. The summed E-state index contributed by atoms with van der Waals surface area (Å²) in [5.41, 5.74) is 2.32. The van der Waals surface area contributed by atoms with E-state index in [1.54, 1.807) is 11.3 Å². The molecule has 0 radical (unpaired) electrons. The minimum Gasteiger partial charge on any atom is -0.454 e. The van der Waals surface area contributed by atoms with Crippen molar-refractivity contribution >= 4 is 11.3 Å². The number of hydrogen-bond acceptors (Lipinski definition) is 5. The number of nitrogens with zero attached hydrogens (tertiary/aromatic N) is 1. The van der Waals surface area contributed by atoms with Gasteiger partial charge in [-0.1, -0.05) is 6.07 Å². The lowest BCUT2D eigenvalue weighted by Gasteiger charge is -2.20. The minimum atomic E-state index is 0.233. The third-order valence-corrected chi connectivity index (χ3v) is 4.98. The molecule has 1 aliphatic rings. The molecule has 0 saturated heterocycles. The van der Waals surface area contributed by atoms with Gasteiger partial charge in [-0.05, 0) is 45.4 Å². The molecule has 5 heteroatoms. The summed E-state index contributed by atoms with van der Waals surface area (Å²) in [7, 11) is 0. The van der Waals surface area contributed by atoms with Crippen LogP contribution in [0.4, 0.5) is 0 Å². The maximum atomic E-state index is 5.44. The Balaban J connectivity index is 1.74. The van der Waals surface area contributed by atoms with Gasteiger partial charge in [0.1, 0.15) is 0 Å². The quantitative estimate of drug-likeness (QED) is 0.930. The molecule has 4 nitrogen and oxygen atoms in total. The van der Waals surface area contributed by atoms with Gasteiger partial charge in [-0.15, -0.1) is 11.3 Å². The van der Waals surface area contributed by atoms with Crippen LogP contribution in [0.5, 0.6) is 11.5 Å². The van der Waals surface area contributed by atoms with Crippen LogP contribution in [0.2, 0.25) is 0 Å². The maximum Gasteiger partial charge on any atom is 0.231 e. The predicted octanol–water partition coefficient (Wildman–Crippen LogP) is 3.90. The van der Waals surface area contributed by atoms with Gasteiger partial charge in [0.2, 0.25) is 6.79 Å². The van der Waals surface area contributed by atoms with Gasteiger partial charge in [-0.25, -0.2) is 4.98 Å². The van der Waals surface area contributed by atoms with Crippen LogP contribution in [0.25, 0.3) is 0 Å². The Morgan fingerprint density at radius 1 is 1.14 bits per heavy atom. The fourth-order valence-corrected chi connectivity index (χ4v) is 3.62. The zero-order chi connectivity index (χ0) is 15.0. The van der Waals surface area contributed by atoms with Crippen LogP contribution in [0, 0.1) is 13.8 Å². The van der Waals surface area contributed by atoms with E-state index in [1.807, 2.05) is 6.07 Å². The summed E-state index contributed by atoms with van der Waals surface area (Å²) in [6.45, 7) is 8.79. The molecule has 1 aliphatic heterocycles. The Kier molecular flexibility index (Phi) is 3.87. The van der Waals surface area contributed by atoms with Gasteiger partial charge in [-0.3, -0.25) is 0 Å². The van der Waals surface area contributed by atoms with Crippen LogP contribution in [-0.2, 0) is 0 Å². The Hall–Kier alpha value is -1.59. The highest BCUT2D eigenvalue weighted by atomic mass is 32.1. The second-order valence-electron chi connectivity index (χ2n) is 5.41. The number of thiazole rings is 1. The number of hydrogen-bond donors (Lipinski definition) is 1. The van der Waals surface area contributed by atoms with Gasteiger partial charge in [0, 0.05) is 17.0 Å². The van der Waals surface area contributed by atoms with Crippen LogP contribution in [-0.4, -0.2) is 11.8 Å². The van der Waals surface area contributed by atoms with E-state index in [-0.39, 0.29) is 12.1 Å². The van der Waals surface area contributed by atoms with Crippen LogP contribution in [0.1, 0.15) is 47.1 Å². The maximum absolute atomic E-state index is 5.44. The Labute approximate surface area is 129 Å². The third kappa shape index (κ3) is 2.89. The summed E-state index contributed by atoms with van der Waals surface area (Å²) >= 11 is 1.76. The molecule has 0 saturated carbocycles. The second kappa shape index (κ2) is 5.66. The third-order valence-electron chi connectivity index (χ3n) is 3.73. The Morgan fingerprint density at radius 3 is 2.62 bits per heavy atom. The first-order valence-corrected chi connectivity index (χ1v) is 7.95. The molecule has 2 unspecified atom stereocenters. The molecule has 1 N–H and O–H groups in total. The monoisotopic (exact) mass is 304 g/mol. The molecular formula is C16H20N2O2S. The van der Waals surface area contributed by atoms with Crippen molar-refractivity contribution in [3.8, 4) is 11.5 Å². The van der Waals surface area contributed by atoms with Gasteiger partial charge in [0.05, 0.1) is 10.7 Å². The lowest BCUT2D eigenvalue weighted by Crippen LogP contribution is -2.22. The number of benzene rings is 1. The Morgan fingerprint density at radius 2 is 1.90 bits per heavy atom. The first-order chi connectivity index (χ1) is 10.0. The molecule has 1 aromatic carbocycles. The van der Waals surface area contributed by atoms with Crippen molar-refractivity contribution in [2.75, 3.05) is 6.79 Å². The van der Waals surface area contributed by atoms with Gasteiger partial charge < -0.3 is 14.8 Å². The highest BCUT2D eigenvalue weighted by Gasteiger charge is 2.19. The van der Waals surface area contributed by atoms with Gasteiger partial charge >= 0.3 is 0 Å². The molecule has 0 spiro atoms. The lowest BCUT2D eigenvalue weighted by atomic mass is 10.1. The van der Waals surface area contributed by atoms with Crippen molar-refractivity contribution in [2.24, 2.45) is 0 Å². The van der Waals surface area contributed by atoms with Crippen LogP contribution in [0.3, 0.4) is 0 Å². The van der Waals surface area contributed by atoms with Crippen LogP contribution < -0.4 is 14.8 Å². The zero-order valence-corrected chi connectivity index (χ0v) is 13.6. The summed E-state index contributed by atoms with van der Waals surface area (Å²) in [4.78, 5) is 5.81. The molecule has 2 atom stereocenters. The molecule has 2 aromatic rings. The smallest absolute Gasteiger partial charge is 0.231 e. The fourth-order valence-electron chi connectivity index (χ4n) is 2.68. The average molecular weight is 304 g/mol. The van der Waals surface area contributed by atoms with E-state index >= 15 is 0 Å². The number of nitrogens with one attached hydrogen (secondary N) is 1. The van der Waals surface area contributed by atoms with Crippen molar-refractivity contribution in [3.63, 3.8) is 0 Å². The highest BCUT2D eigenvalue weighted by molar-refractivity contribution is 7.11. The summed E-state index contributed by atoms with van der Waals surface area (Å²) in [6, 6.07) is 6.62. The summed E-state index contributed by atoms with van der Waals surface area (Å²) < 4.78 is 10.8. The van der Waals surface area contributed by atoms with Crippen molar-refractivity contribution in [1.82, 2.24) is 10.3 Å². The van der Waals surface area contributed by atoms with Crippen molar-refractivity contribution in [3.05, 3.63) is 39.3 Å². The van der Waals surface area contributed by atoms with Crippen LogP contribution in [0.15, 0.2) is 18.2 Å².